The predicted molar refractivity (Wildman–Crippen MR) is 96.5 cm³/mol. The van der Waals surface area contributed by atoms with Crippen molar-refractivity contribution in [3.05, 3.63) is 41.1 Å². The number of benzene rings is 1. The maximum atomic E-state index is 4.65. The Labute approximate surface area is 138 Å². The first-order valence-electron chi connectivity index (χ1n) is 8.56. The second kappa shape index (κ2) is 6.99. The molecule has 1 aliphatic rings. The lowest BCUT2D eigenvalue weighted by atomic mass is 9.95. The molecule has 4 nitrogen and oxygen atoms in total. The normalized spacial score (nSPS) is 15.4. The first-order chi connectivity index (χ1) is 11.1. The van der Waals surface area contributed by atoms with Gasteiger partial charge in [0.25, 0.3) is 0 Å². The van der Waals surface area contributed by atoms with E-state index in [1.54, 1.807) is 0 Å². The molecule has 122 valence electrons. The average molecular weight is 310 g/mol. The van der Waals surface area contributed by atoms with E-state index in [4.69, 9.17) is 0 Å². The Morgan fingerprint density at radius 2 is 1.57 bits per heavy atom. The molecule has 1 aromatic carbocycles. The lowest BCUT2D eigenvalue weighted by Gasteiger charge is -2.23. The largest absolute Gasteiger partial charge is 0.367 e. The first-order valence-corrected chi connectivity index (χ1v) is 8.56. The predicted octanol–water partition coefficient (Wildman–Crippen LogP) is 4.89. The molecule has 1 saturated carbocycles. The van der Waals surface area contributed by atoms with Crippen LogP contribution in [0.1, 0.15) is 48.9 Å². The van der Waals surface area contributed by atoms with Crippen molar-refractivity contribution in [2.24, 2.45) is 0 Å². The summed E-state index contributed by atoms with van der Waals surface area (Å²) in [6.45, 7) is 6.22. The van der Waals surface area contributed by atoms with Crippen LogP contribution in [0.15, 0.2) is 24.3 Å². The second-order valence-electron chi connectivity index (χ2n) is 6.70. The minimum absolute atomic E-state index is 0.548. The first kappa shape index (κ1) is 15.8. The molecule has 1 aliphatic carbocycles. The number of rotatable bonds is 4. The Bertz CT molecular complexity index is 655. The van der Waals surface area contributed by atoms with Gasteiger partial charge < -0.3 is 10.6 Å². The molecule has 0 aliphatic heterocycles. The molecule has 3 rings (SSSR count). The van der Waals surface area contributed by atoms with Crippen molar-refractivity contribution in [1.29, 1.82) is 0 Å². The maximum Gasteiger partial charge on any atom is 0.229 e. The van der Waals surface area contributed by atoms with Gasteiger partial charge in [-0.2, -0.15) is 4.98 Å². The van der Waals surface area contributed by atoms with Crippen molar-refractivity contribution in [3.63, 3.8) is 0 Å². The number of hydrogen-bond acceptors (Lipinski definition) is 4. The van der Waals surface area contributed by atoms with E-state index in [1.807, 2.05) is 13.0 Å². The van der Waals surface area contributed by atoms with E-state index < -0.39 is 0 Å². The molecule has 1 heterocycles. The topological polar surface area (TPSA) is 49.8 Å². The Morgan fingerprint density at radius 3 is 2.26 bits per heavy atom. The van der Waals surface area contributed by atoms with Crippen molar-refractivity contribution in [3.8, 4) is 0 Å². The lowest BCUT2D eigenvalue weighted by molar-refractivity contribution is 0.462. The van der Waals surface area contributed by atoms with Gasteiger partial charge in [0.1, 0.15) is 5.82 Å². The van der Waals surface area contributed by atoms with Crippen molar-refractivity contribution < 1.29 is 0 Å². The zero-order valence-electron chi connectivity index (χ0n) is 14.3. The van der Waals surface area contributed by atoms with Gasteiger partial charge in [-0.3, -0.25) is 0 Å². The van der Waals surface area contributed by atoms with Gasteiger partial charge in [-0.15, -0.1) is 0 Å². The Morgan fingerprint density at radius 1 is 0.870 bits per heavy atom. The van der Waals surface area contributed by atoms with E-state index in [-0.39, 0.29) is 0 Å². The van der Waals surface area contributed by atoms with Gasteiger partial charge in [0.05, 0.1) is 0 Å². The van der Waals surface area contributed by atoms with E-state index in [0.29, 0.717) is 12.0 Å². The third-order valence-electron chi connectivity index (χ3n) is 4.29. The number of aromatic nitrogens is 2. The van der Waals surface area contributed by atoms with Crippen LogP contribution in [0, 0.1) is 20.8 Å². The Hall–Kier alpha value is -2.10. The van der Waals surface area contributed by atoms with Gasteiger partial charge in [-0.1, -0.05) is 25.3 Å². The van der Waals surface area contributed by atoms with Crippen LogP contribution in [0.25, 0.3) is 0 Å². The van der Waals surface area contributed by atoms with Crippen molar-refractivity contribution in [1.82, 2.24) is 9.97 Å². The Kier molecular flexibility index (Phi) is 4.79. The number of hydrogen-bond donors (Lipinski definition) is 2. The highest BCUT2D eigenvalue weighted by Crippen LogP contribution is 2.23. The third-order valence-corrected chi connectivity index (χ3v) is 4.29. The maximum absolute atomic E-state index is 4.65. The monoisotopic (exact) mass is 310 g/mol. The molecular formula is C19H26N4. The van der Waals surface area contributed by atoms with Gasteiger partial charge in [0, 0.05) is 23.5 Å². The quantitative estimate of drug-likeness (QED) is 0.844. The standard InChI is InChI=1S/C19H26N4/c1-13-9-14(2)11-17(10-13)22-19-20-15(3)12-18(23-19)21-16-7-5-4-6-8-16/h9-12,16H,4-8H2,1-3H3,(H2,20,21,22,23). The molecule has 23 heavy (non-hydrogen) atoms. The summed E-state index contributed by atoms with van der Waals surface area (Å²) < 4.78 is 0. The summed E-state index contributed by atoms with van der Waals surface area (Å²) in [4.78, 5) is 9.17. The third kappa shape index (κ3) is 4.44. The summed E-state index contributed by atoms with van der Waals surface area (Å²) in [6, 6.07) is 8.98. The number of nitrogens with one attached hydrogen (secondary N) is 2. The zero-order valence-corrected chi connectivity index (χ0v) is 14.3. The van der Waals surface area contributed by atoms with Crippen molar-refractivity contribution in [2.45, 2.75) is 58.9 Å². The molecule has 1 fully saturated rings. The van der Waals surface area contributed by atoms with Crippen LogP contribution in [0.4, 0.5) is 17.5 Å². The SMILES string of the molecule is Cc1cc(C)cc(Nc2nc(C)cc(NC3CCCCC3)n2)c1. The minimum atomic E-state index is 0.548. The highest BCUT2D eigenvalue weighted by atomic mass is 15.1. The van der Waals surface area contributed by atoms with Gasteiger partial charge in [0.15, 0.2) is 0 Å². The fourth-order valence-electron chi connectivity index (χ4n) is 3.33. The molecule has 1 aromatic heterocycles. The Balaban J connectivity index is 1.76. The van der Waals surface area contributed by atoms with Gasteiger partial charge in [-0.25, -0.2) is 4.98 Å². The van der Waals surface area contributed by atoms with Crippen LogP contribution in [-0.2, 0) is 0 Å². The van der Waals surface area contributed by atoms with E-state index >= 15 is 0 Å². The second-order valence-corrected chi connectivity index (χ2v) is 6.70. The van der Waals surface area contributed by atoms with Crippen LogP contribution in [-0.4, -0.2) is 16.0 Å². The summed E-state index contributed by atoms with van der Waals surface area (Å²) in [6.07, 6.45) is 6.47. The van der Waals surface area contributed by atoms with Gasteiger partial charge >= 0.3 is 0 Å². The van der Waals surface area contributed by atoms with Crippen molar-refractivity contribution in [2.75, 3.05) is 10.6 Å². The smallest absolute Gasteiger partial charge is 0.229 e. The van der Waals surface area contributed by atoms with E-state index in [2.05, 4.69) is 52.6 Å². The van der Waals surface area contributed by atoms with E-state index in [1.165, 1.54) is 43.2 Å². The molecule has 0 amide bonds. The summed E-state index contributed by atoms with van der Waals surface area (Å²) in [5, 5.41) is 6.92. The molecule has 2 N–H and O–H groups in total. The molecule has 0 unspecified atom stereocenters. The molecule has 2 aromatic rings. The van der Waals surface area contributed by atoms with Crippen LogP contribution >= 0.6 is 0 Å². The number of aryl methyl sites for hydroxylation is 3. The molecule has 0 bridgehead atoms. The summed E-state index contributed by atoms with van der Waals surface area (Å²) in [7, 11) is 0. The number of nitrogens with zero attached hydrogens (tertiary/aromatic N) is 2. The minimum Gasteiger partial charge on any atom is -0.367 e. The molecular weight excluding hydrogens is 284 g/mol. The highest BCUT2D eigenvalue weighted by Gasteiger charge is 2.14. The molecule has 0 saturated heterocycles. The molecule has 0 radical (unpaired) electrons. The fourth-order valence-corrected chi connectivity index (χ4v) is 3.33. The van der Waals surface area contributed by atoms with Gasteiger partial charge in [-0.05, 0) is 56.9 Å². The lowest BCUT2D eigenvalue weighted by Crippen LogP contribution is -2.23. The van der Waals surface area contributed by atoms with Crippen LogP contribution in [0.3, 0.4) is 0 Å². The van der Waals surface area contributed by atoms with E-state index in [9.17, 15) is 0 Å². The average Bonchev–Trinajstić information content (AvgIpc) is 2.46. The fraction of sp³-hybridized carbons (Fsp3) is 0.474. The van der Waals surface area contributed by atoms with Crippen LogP contribution in [0.5, 0.6) is 0 Å². The van der Waals surface area contributed by atoms with Crippen molar-refractivity contribution >= 4 is 17.5 Å². The molecule has 4 heteroatoms. The molecule has 0 atom stereocenters. The highest BCUT2D eigenvalue weighted by molar-refractivity contribution is 5.57. The molecule has 0 spiro atoms. The van der Waals surface area contributed by atoms with Gasteiger partial charge in [0.2, 0.25) is 5.95 Å². The van der Waals surface area contributed by atoms with Crippen LogP contribution < -0.4 is 10.6 Å². The zero-order chi connectivity index (χ0) is 16.2. The summed E-state index contributed by atoms with van der Waals surface area (Å²) >= 11 is 0. The summed E-state index contributed by atoms with van der Waals surface area (Å²) in [5.41, 5.74) is 4.49. The summed E-state index contributed by atoms with van der Waals surface area (Å²) in [5.74, 6) is 1.59. The van der Waals surface area contributed by atoms with E-state index in [0.717, 1.165) is 17.2 Å². The van der Waals surface area contributed by atoms with Crippen LogP contribution in [0.2, 0.25) is 0 Å². The number of anilines is 3.